The van der Waals surface area contributed by atoms with Crippen molar-refractivity contribution in [3.63, 3.8) is 0 Å². The van der Waals surface area contributed by atoms with Crippen molar-refractivity contribution in [3.8, 4) is 0 Å². The van der Waals surface area contributed by atoms with Crippen LogP contribution in [0.25, 0.3) is 10.9 Å². The summed E-state index contributed by atoms with van der Waals surface area (Å²) < 4.78 is 27.7. The van der Waals surface area contributed by atoms with Crippen molar-refractivity contribution >= 4 is 44.3 Å². The molecule has 174 valence electrons. The van der Waals surface area contributed by atoms with Gasteiger partial charge in [0.25, 0.3) is 0 Å². The monoisotopic (exact) mass is 483 g/mol. The van der Waals surface area contributed by atoms with E-state index >= 15 is 0 Å². The fourth-order valence-corrected chi connectivity index (χ4v) is 6.36. The summed E-state index contributed by atoms with van der Waals surface area (Å²) in [6.45, 7) is 7.12. The van der Waals surface area contributed by atoms with Crippen LogP contribution in [-0.2, 0) is 14.8 Å². The van der Waals surface area contributed by atoms with Gasteiger partial charge in [-0.1, -0.05) is 30.3 Å². The van der Waals surface area contributed by atoms with Gasteiger partial charge in [-0.25, -0.2) is 13.4 Å². The van der Waals surface area contributed by atoms with Crippen molar-refractivity contribution in [1.82, 2.24) is 9.29 Å². The minimum atomic E-state index is -3.49. The maximum Gasteiger partial charge on any atom is 0.243 e. The molecule has 0 saturated carbocycles. The summed E-state index contributed by atoms with van der Waals surface area (Å²) in [6, 6.07) is 12.9. The summed E-state index contributed by atoms with van der Waals surface area (Å²) in [5.41, 5.74) is 4.68. The summed E-state index contributed by atoms with van der Waals surface area (Å²) in [5.74, 6) is 0.156. The largest absolute Gasteiger partial charge is 0.325 e. The predicted octanol–water partition coefficient (Wildman–Crippen LogP) is 5.07. The lowest BCUT2D eigenvalue weighted by Gasteiger charge is -2.26. The Morgan fingerprint density at radius 1 is 1.03 bits per heavy atom. The number of rotatable bonds is 6. The molecule has 4 rings (SSSR count). The number of aryl methyl sites for hydroxylation is 2. The van der Waals surface area contributed by atoms with Crippen LogP contribution in [0, 0.1) is 20.8 Å². The zero-order chi connectivity index (χ0) is 23.6. The number of sulfonamides is 1. The lowest BCUT2D eigenvalue weighted by atomic mass is 10.1. The number of carbonyl (C=O) groups excluding carboxylic acids is 1. The van der Waals surface area contributed by atoms with Crippen molar-refractivity contribution in [2.45, 2.75) is 50.0 Å². The van der Waals surface area contributed by atoms with Crippen LogP contribution < -0.4 is 5.32 Å². The molecule has 0 atom stereocenters. The van der Waals surface area contributed by atoms with E-state index in [4.69, 9.17) is 0 Å². The Hall–Kier alpha value is -2.42. The molecular formula is C25H29N3O3S2. The normalized spacial score (nSPS) is 15.0. The van der Waals surface area contributed by atoms with E-state index in [-0.39, 0.29) is 11.7 Å². The van der Waals surface area contributed by atoms with Crippen LogP contribution in [-0.4, -0.2) is 42.5 Å². The third-order valence-electron chi connectivity index (χ3n) is 6.15. The first-order valence-electron chi connectivity index (χ1n) is 11.2. The molecule has 8 heteroatoms. The molecule has 1 aliphatic rings. The highest BCUT2D eigenvalue weighted by molar-refractivity contribution is 7.99. The number of pyridine rings is 1. The molecule has 1 amide bonds. The molecule has 0 aliphatic carbocycles. The molecule has 0 unspecified atom stereocenters. The van der Waals surface area contributed by atoms with Gasteiger partial charge in [-0.15, -0.1) is 0 Å². The van der Waals surface area contributed by atoms with Crippen LogP contribution in [0.5, 0.6) is 0 Å². The summed E-state index contributed by atoms with van der Waals surface area (Å²) in [5, 5.41) is 4.52. The number of thioether (sulfide) groups is 1. The Kier molecular flexibility index (Phi) is 7.07. The van der Waals surface area contributed by atoms with Crippen LogP contribution in [0.3, 0.4) is 0 Å². The van der Waals surface area contributed by atoms with Gasteiger partial charge >= 0.3 is 0 Å². The van der Waals surface area contributed by atoms with E-state index in [2.05, 4.69) is 10.3 Å². The standard InChI is InChI=1S/C25H29N3O3S2/c1-17-8-7-9-22(19(17)3)26-24(29)16-32-25-14-18(2)21-15-20(10-11-23(21)27-25)33(30,31)28-12-5-4-6-13-28/h7-11,14-15H,4-6,12-13,16H2,1-3H3,(H,26,29). The second-order valence-electron chi connectivity index (χ2n) is 8.51. The lowest BCUT2D eigenvalue weighted by molar-refractivity contribution is -0.113. The number of hydrogen-bond acceptors (Lipinski definition) is 5. The summed E-state index contributed by atoms with van der Waals surface area (Å²) in [6.07, 6.45) is 2.89. The van der Waals surface area contributed by atoms with Crippen LogP contribution in [0.15, 0.2) is 52.4 Å². The quantitative estimate of drug-likeness (QED) is 0.496. The zero-order valence-electron chi connectivity index (χ0n) is 19.2. The number of nitrogens with zero attached hydrogens (tertiary/aromatic N) is 2. The number of anilines is 1. The van der Waals surface area contributed by atoms with Gasteiger partial charge in [-0.05, 0) is 80.6 Å². The predicted molar refractivity (Wildman–Crippen MR) is 134 cm³/mol. The Bertz CT molecular complexity index is 1300. The van der Waals surface area contributed by atoms with Crippen molar-refractivity contribution in [2.75, 3.05) is 24.2 Å². The summed E-state index contributed by atoms with van der Waals surface area (Å²) >= 11 is 1.37. The summed E-state index contributed by atoms with van der Waals surface area (Å²) in [4.78, 5) is 17.4. The average Bonchev–Trinajstić information content (AvgIpc) is 2.81. The van der Waals surface area contributed by atoms with Gasteiger partial charge in [-0.3, -0.25) is 4.79 Å². The molecule has 0 bridgehead atoms. The Balaban J connectivity index is 1.49. The number of carbonyl (C=O) groups is 1. The van der Waals surface area contributed by atoms with E-state index in [1.807, 2.05) is 45.0 Å². The fraction of sp³-hybridized carbons (Fsp3) is 0.360. The third-order valence-corrected chi connectivity index (χ3v) is 8.95. The van der Waals surface area contributed by atoms with Crippen molar-refractivity contribution in [3.05, 3.63) is 59.2 Å². The highest BCUT2D eigenvalue weighted by Gasteiger charge is 2.26. The van der Waals surface area contributed by atoms with E-state index in [0.29, 0.717) is 18.0 Å². The second kappa shape index (κ2) is 9.83. The molecular weight excluding hydrogens is 454 g/mol. The average molecular weight is 484 g/mol. The van der Waals surface area contributed by atoms with Gasteiger partial charge < -0.3 is 5.32 Å². The van der Waals surface area contributed by atoms with Gasteiger partial charge in [-0.2, -0.15) is 4.31 Å². The Labute approximate surface area is 199 Å². The number of hydrogen-bond donors (Lipinski definition) is 1. The molecule has 3 aromatic rings. The maximum atomic E-state index is 13.0. The zero-order valence-corrected chi connectivity index (χ0v) is 20.9. The molecule has 33 heavy (non-hydrogen) atoms. The number of piperidine rings is 1. The first-order valence-corrected chi connectivity index (χ1v) is 13.6. The molecule has 1 saturated heterocycles. The van der Waals surface area contributed by atoms with E-state index in [0.717, 1.165) is 57.6 Å². The highest BCUT2D eigenvalue weighted by Crippen LogP contribution is 2.28. The van der Waals surface area contributed by atoms with Crippen LogP contribution in [0.4, 0.5) is 5.69 Å². The first kappa shape index (κ1) is 23.7. The molecule has 2 heterocycles. The van der Waals surface area contributed by atoms with Crippen LogP contribution in [0.2, 0.25) is 0 Å². The van der Waals surface area contributed by atoms with Gasteiger partial charge in [0, 0.05) is 24.2 Å². The topological polar surface area (TPSA) is 79.4 Å². The van der Waals surface area contributed by atoms with Crippen LogP contribution >= 0.6 is 11.8 Å². The lowest BCUT2D eigenvalue weighted by Crippen LogP contribution is -2.35. The SMILES string of the molecule is Cc1cccc(NC(=O)CSc2cc(C)c3cc(S(=O)(=O)N4CCCCC4)ccc3n2)c1C. The third kappa shape index (κ3) is 5.23. The molecule has 0 spiro atoms. The van der Waals surface area contributed by atoms with E-state index in [1.165, 1.54) is 11.8 Å². The highest BCUT2D eigenvalue weighted by atomic mass is 32.2. The minimum absolute atomic E-state index is 0.0868. The molecule has 2 aromatic carbocycles. The van der Waals surface area contributed by atoms with Crippen LogP contribution in [0.1, 0.15) is 36.0 Å². The van der Waals surface area contributed by atoms with Crippen molar-refractivity contribution in [2.24, 2.45) is 0 Å². The molecule has 1 aromatic heterocycles. The molecule has 1 N–H and O–H groups in total. The van der Waals surface area contributed by atoms with E-state index < -0.39 is 10.0 Å². The fourth-order valence-electron chi connectivity index (χ4n) is 4.04. The Morgan fingerprint density at radius 2 is 1.79 bits per heavy atom. The number of fused-ring (bicyclic) bond motifs is 1. The minimum Gasteiger partial charge on any atom is -0.325 e. The van der Waals surface area contributed by atoms with E-state index in [9.17, 15) is 13.2 Å². The van der Waals surface area contributed by atoms with Gasteiger partial charge in [0.1, 0.15) is 0 Å². The van der Waals surface area contributed by atoms with Crippen molar-refractivity contribution in [1.29, 1.82) is 0 Å². The smallest absolute Gasteiger partial charge is 0.243 e. The Morgan fingerprint density at radius 3 is 2.55 bits per heavy atom. The van der Waals surface area contributed by atoms with Gasteiger partial charge in [0.05, 0.1) is 21.2 Å². The first-order chi connectivity index (χ1) is 15.8. The second-order valence-corrected chi connectivity index (χ2v) is 11.4. The maximum absolute atomic E-state index is 13.0. The number of benzene rings is 2. The van der Waals surface area contributed by atoms with Gasteiger partial charge in [0.15, 0.2) is 0 Å². The molecule has 0 radical (unpaired) electrons. The molecule has 6 nitrogen and oxygen atoms in total. The summed E-state index contributed by atoms with van der Waals surface area (Å²) in [7, 11) is -3.49. The van der Waals surface area contributed by atoms with E-state index in [1.54, 1.807) is 22.5 Å². The molecule has 1 aliphatic heterocycles. The number of nitrogens with one attached hydrogen (secondary N) is 1. The van der Waals surface area contributed by atoms with Gasteiger partial charge in [0.2, 0.25) is 15.9 Å². The number of aromatic nitrogens is 1. The molecule has 1 fully saturated rings. The van der Waals surface area contributed by atoms with Crippen molar-refractivity contribution < 1.29 is 13.2 Å². The number of amides is 1.